The zero-order valence-corrected chi connectivity index (χ0v) is 17.2. The van der Waals surface area contributed by atoms with E-state index in [1.54, 1.807) is 12.0 Å². The van der Waals surface area contributed by atoms with Crippen molar-refractivity contribution >= 4 is 40.3 Å². The number of nitrogens with zero attached hydrogens (tertiary/aromatic N) is 1. The zero-order valence-electron chi connectivity index (χ0n) is 15.5. The van der Waals surface area contributed by atoms with E-state index in [-0.39, 0.29) is 5.91 Å². The lowest BCUT2D eigenvalue weighted by Gasteiger charge is -2.12. The molecule has 2 aromatic carbocycles. The molecule has 0 radical (unpaired) electrons. The number of hydrogen-bond acceptors (Lipinski definition) is 5. The van der Waals surface area contributed by atoms with E-state index in [2.05, 4.69) is 19.1 Å². The summed E-state index contributed by atoms with van der Waals surface area (Å²) in [6.07, 6.45) is 1.83. The Morgan fingerprint density at radius 2 is 1.89 bits per heavy atom. The number of ether oxygens (including phenoxy) is 2. The normalized spacial score (nSPS) is 15.5. The van der Waals surface area contributed by atoms with Crippen molar-refractivity contribution in [3.05, 3.63) is 64.1 Å². The van der Waals surface area contributed by atoms with Crippen LogP contribution in [-0.2, 0) is 11.4 Å². The SMILES string of the molecule is CCN1C(=O)/C(=C\c2ccc(OCc3ccc(C)cc3)c(OC)c2)SC1=S. The lowest BCUT2D eigenvalue weighted by Crippen LogP contribution is -2.27. The van der Waals surface area contributed by atoms with Crippen LogP contribution in [0.2, 0.25) is 0 Å². The van der Waals surface area contributed by atoms with Crippen LogP contribution in [0.5, 0.6) is 11.5 Å². The second-order valence-corrected chi connectivity index (χ2v) is 7.79. The molecule has 1 aliphatic heterocycles. The van der Waals surface area contributed by atoms with Gasteiger partial charge in [0.15, 0.2) is 11.5 Å². The number of benzene rings is 2. The Morgan fingerprint density at radius 1 is 1.15 bits per heavy atom. The minimum atomic E-state index is -0.0498. The molecule has 1 fully saturated rings. The van der Waals surface area contributed by atoms with Crippen LogP contribution in [0, 0.1) is 6.92 Å². The molecule has 0 bridgehead atoms. The summed E-state index contributed by atoms with van der Waals surface area (Å²) in [7, 11) is 1.61. The Morgan fingerprint density at radius 3 is 2.52 bits per heavy atom. The molecule has 1 amide bonds. The predicted octanol–water partition coefficient (Wildman–Crippen LogP) is 4.80. The molecule has 3 rings (SSSR count). The average molecular weight is 400 g/mol. The van der Waals surface area contributed by atoms with Crippen LogP contribution in [0.1, 0.15) is 23.6 Å². The van der Waals surface area contributed by atoms with Gasteiger partial charge in [-0.3, -0.25) is 9.69 Å². The van der Waals surface area contributed by atoms with E-state index in [0.717, 1.165) is 11.1 Å². The Kier molecular flexibility index (Phi) is 6.19. The van der Waals surface area contributed by atoms with Crippen molar-refractivity contribution in [2.24, 2.45) is 0 Å². The summed E-state index contributed by atoms with van der Waals surface area (Å²) in [5, 5.41) is 0. The van der Waals surface area contributed by atoms with Gasteiger partial charge in [-0.2, -0.15) is 0 Å². The van der Waals surface area contributed by atoms with E-state index in [4.69, 9.17) is 21.7 Å². The van der Waals surface area contributed by atoms with Crippen LogP contribution in [0.15, 0.2) is 47.4 Å². The van der Waals surface area contributed by atoms with Crippen LogP contribution >= 0.6 is 24.0 Å². The summed E-state index contributed by atoms with van der Waals surface area (Å²) in [4.78, 5) is 14.6. The average Bonchev–Trinajstić information content (AvgIpc) is 2.94. The number of aryl methyl sites for hydroxylation is 1. The Balaban J connectivity index is 1.76. The number of carbonyl (C=O) groups excluding carboxylic acids is 1. The monoisotopic (exact) mass is 399 g/mol. The number of thiocarbonyl (C=S) groups is 1. The van der Waals surface area contributed by atoms with E-state index in [1.807, 2.05) is 43.3 Å². The molecule has 1 saturated heterocycles. The number of carbonyl (C=O) groups is 1. The fourth-order valence-electron chi connectivity index (χ4n) is 2.66. The smallest absolute Gasteiger partial charge is 0.266 e. The van der Waals surface area contributed by atoms with Crippen molar-refractivity contribution in [1.82, 2.24) is 4.90 Å². The van der Waals surface area contributed by atoms with E-state index >= 15 is 0 Å². The molecule has 27 heavy (non-hydrogen) atoms. The van der Waals surface area contributed by atoms with Crippen molar-refractivity contribution in [3.63, 3.8) is 0 Å². The maximum atomic E-state index is 12.3. The first-order chi connectivity index (χ1) is 13.0. The molecule has 0 N–H and O–H groups in total. The topological polar surface area (TPSA) is 38.8 Å². The quantitative estimate of drug-likeness (QED) is 0.515. The third kappa shape index (κ3) is 4.51. The number of amides is 1. The zero-order chi connectivity index (χ0) is 19.4. The first kappa shape index (κ1) is 19.5. The fourth-order valence-corrected chi connectivity index (χ4v) is 4.05. The van der Waals surface area contributed by atoms with Gasteiger partial charge in [0.05, 0.1) is 12.0 Å². The highest BCUT2D eigenvalue weighted by molar-refractivity contribution is 8.26. The van der Waals surface area contributed by atoms with Gasteiger partial charge >= 0.3 is 0 Å². The Hall–Kier alpha value is -2.31. The maximum Gasteiger partial charge on any atom is 0.266 e. The van der Waals surface area contributed by atoms with E-state index in [1.165, 1.54) is 17.3 Å². The van der Waals surface area contributed by atoms with Gasteiger partial charge < -0.3 is 9.47 Å². The van der Waals surface area contributed by atoms with E-state index in [9.17, 15) is 4.79 Å². The van der Waals surface area contributed by atoms with Gasteiger partial charge in [0, 0.05) is 6.54 Å². The van der Waals surface area contributed by atoms with Crippen molar-refractivity contribution in [2.45, 2.75) is 20.5 Å². The first-order valence-electron chi connectivity index (χ1n) is 8.63. The fraction of sp³-hybridized carbons (Fsp3) is 0.238. The van der Waals surface area contributed by atoms with Gasteiger partial charge in [0.1, 0.15) is 10.9 Å². The van der Waals surface area contributed by atoms with E-state index < -0.39 is 0 Å². The molecule has 0 aromatic heterocycles. The first-order valence-corrected chi connectivity index (χ1v) is 9.86. The molecular formula is C21H21NO3S2. The summed E-state index contributed by atoms with van der Waals surface area (Å²) in [6, 6.07) is 13.8. The number of methoxy groups -OCH3 is 1. The van der Waals surface area contributed by atoms with Crippen LogP contribution in [0.3, 0.4) is 0 Å². The minimum Gasteiger partial charge on any atom is -0.493 e. The largest absolute Gasteiger partial charge is 0.493 e. The van der Waals surface area contributed by atoms with Gasteiger partial charge in [-0.15, -0.1) is 0 Å². The van der Waals surface area contributed by atoms with E-state index in [0.29, 0.717) is 33.9 Å². The van der Waals surface area contributed by atoms with Crippen LogP contribution in [0.4, 0.5) is 0 Å². The van der Waals surface area contributed by atoms with Gasteiger partial charge in [-0.25, -0.2) is 0 Å². The molecule has 0 unspecified atom stereocenters. The maximum absolute atomic E-state index is 12.3. The summed E-state index contributed by atoms with van der Waals surface area (Å²) >= 11 is 6.58. The molecule has 0 spiro atoms. The summed E-state index contributed by atoms with van der Waals surface area (Å²) in [5.74, 6) is 1.24. The number of thioether (sulfide) groups is 1. The molecule has 140 valence electrons. The minimum absolute atomic E-state index is 0.0498. The number of hydrogen-bond donors (Lipinski definition) is 0. The molecule has 0 aliphatic carbocycles. The van der Waals surface area contributed by atoms with Crippen molar-refractivity contribution in [1.29, 1.82) is 0 Å². The second-order valence-electron chi connectivity index (χ2n) is 6.11. The van der Waals surface area contributed by atoms with Gasteiger partial charge in [-0.05, 0) is 43.2 Å². The molecule has 0 saturated carbocycles. The number of rotatable bonds is 6. The molecule has 1 aliphatic rings. The predicted molar refractivity (Wildman–Crippen MR) is 114 cm³/mol. The van der Waals surface area contributed by atoms with Gasteiger partial charge in [0.2, 0.25) is 0 Å². The van der Waals surface area contributed by atoms with Gasteiger partial charge in [0.25, 0.3) is 5.91 Å². The highest BCUT2D eigenvalue weighted by atomic mass is 32.2. The standard InChI is InChI=1S/C21H21NO3S2/c1-4-22-20(23)19(27-21(22)26)12-16-9-10-17(18(11-16)24-3)25-13-15-7-5-14(2)6-8-15/h5-12H,4,13H2,1-3H3/b19-12+. The Bertz CT molecular complexity index is 891. The van der Waals surface area contributed by atoms with Crippen LogP contribution < -0.4 is 9.47 Å². The van der Waals surface area contributed by atoms with Crippen molar-refractivity contribution in [2.75, 3.05) is 13.7 Å². The highest BCUT2D eigenvalue weighted by Gasteiger charge is 2.30. The lowest BCUT2D eigenvalue weighted by molar-refractivity contribution is -0.121. The lowest BCUT2D eigenvalue weighted by atomic mass is 10.1. The van der Waals surface area contributed by atoms with Gasteiger partial charge in [-0.1, -0.05) is 59.9 Å². The summed E-state index contributed by atoms with van der Waals surface area (Å²) < 4.78 is 12.0. The van der Waals surface area contributed by atoms with Crippen molar-refractivity contribution < 1.29 is 14.3 Å². The van der Waals surface area contributed by atoms with Crippen LogP contribution in [0.25, 0.3) is 6.08 Å². The molecular weight excluding hydrogens is 378 g/mol. The molecule has 0 atom stereocenters. The Labute approximate surface area is 169 Å². The second kappa shape index (κ2) is 8.59. The summed E-state index contributed by atoms with van der Waals surface area (Å²) in [6.45, 7) is 5.01. The van der Waals surface area contributed by atoms with Crippen LogP contribution in [-0.4, -0.2) is 28.8 Å². The molecule has 2 aromatic rings. The van der Waals surface area contributed by atoms with Crippen molar-refractivity contribution in [3.8, 4) is 11.5 Å². The third-order valence-electron chi connectivity index (χ3n) is 4.19. The third-order valence-corrected chi connectivity index (χ3v) is 5.57. The molecule has 6 heteroatoms. The summed E-state index contributed by atoms with van der Waals surface area (Å²) in [5.41, 5.74) is 3.18. The highest BCUT2D eigenvalue weighted by Crippen LogP contribution is 2.34. The number of likely N-dealkylation sites (N-methyl/N-ethyl adjacent to an activating group) is 1. The molecule has 1 heterocycles. The molecule has 4 nitrogen and oxygen atoms in total.